The van der Waals surface area contributed by atoms with Gasteiger partial charge >= 0.3 is 5.97 Å². The number of benzene rings is 1. The zero-order valence-electron chi connectivity index (χ0n) is 14.6. The maximum Gasteiger partial charge on any atom is 0.307 e. The molecule has 0 aromatic heterocycles. The highest BCUT2D eigenvalue weighted by molar-refractivity contribution is 5.97. The Kier molecular flexibility index (Phi) is 6.98. The number of amides is 2. The normalized spacial score (nSPS) is 19.9. The summed E-state index contributed by atoms with van der Waals surface area (Å²) in [5, 5.41) is 14.9. The van der Waals surface area contributed by atoms with Gasteiger partial charge < -0.3 is 15.7 Å². The van der Waals surface area contributed by atoms with E-state index in [0.29, 0.717) is 30.6 Å². The summed E-state index contributed by atoms with van der Waals surface area (Å²) in [6.07, 6.45) is 4.82. The molecular formula is C19H26N2O4. The van der Waals surface area contributed by atoms with E-state index < -0.39 is 17.8 Å². The Balaban J connectivity index is 1.94. The molecule has 25 heavy (non-hydrogen) atoms. The fourth-order valence-corrected chi connectivity index (χ4v) is 3.16. The van der Waals surface area contributed by atoms with Gasteiger partial charge in [0.25, 0.3) is 5.91 Å². The van der Waals surface area contributed by atoms with Gasteiger partial charge in [-0.05, 0) is 43.5 Å². The molecule has 136 valence electrons. The quantitative estimate of drug-likeness (QED) is 0.661. The van der Waals surface area contributed by atoms with Crippen molar-refractivity contribution in [2.24, 2.45) is 11.8 Å². The summed E-state index contributed by atoms with van der Waals surface area (Å²) in [6.45, 7) is 2.71. The minimum Gasteiger partial charge on any atom is -0.481 e. The second-order valence-corrected chi connectivity index (χ2v) is 6.51. The zero-order valence-corrected chi connectivity index (χ0v) is 14.6. The second-order valence-electron chi connectivity index (χ2n) is 6.51. The molecule has 1 aromatic rings. The molecule has 0 spiro atoms. The number of carbonyl (C=O) groups excluding carboxylic acids is 2. The van der Waals surface area contributed by atoms with Crippen molar-refractivity contribution in [1.82, 2.24) is 5.32 Å². The fraction of sp³-hybridized carbons (Fsp3) is 0.526. The van der Waals surface area contributed by atoms with Crippen molar-refractivity contribution in [3.8, 4) is 0 Å². The third kappa shape index (κ3) is 5.31. The lowest BCUT2D eigenvalue weighted by Gasteiger charge is -2.27. The SMILES string of the molecule is CCCCNC(=O)c1ccc(NC(=O)[C@@H]2CCCC[C@@H]2C(=O)O)cc1. The fourth-order valence-electron chi connectivity index (χ4n) is 3.16. The molecule has 2 amide bonds. The first-order chi connectivity index (χ1) is 12.0. The van der Waals surface area contributed by atoms with Gasteiger partial charge in [0.15, 0.2) is 0 Å². The molecule has 0 bridgehead atoms. The average molecular weight is 346 g/mol. The molecule has 0 heterocycles. The van der Waals surface area contributed by atoms with Gasteiger partial charge in [-0.3, -0.25) is 14.4 Å². The predicted octanol–water partition coefficient (Wildman–Crippen LogP) is 3.05. The number of nitrogens with one attached hydrogen (secondary N) is 2. The van der Waals surface area contributed by atoms with E-state index in [1.165, 1.54) is 0 Å². The molecule has 1 aliphatic rings. The molecule has 1 aliphatic carbocycles. The van der Waals surface area contributed by atoms with Crippen LogP contribution < -0.4 is 10.6 Å². The van der Waals surface area contributed by atoms with E-state index in [-0.39, 0.29) is 11.8 Å². The van der Waals surface area contributed by atoms with Gasteiger partial charge in [0.05, 0.1) is 11.8 Å². The number of carbonyl (C=O) groups is 3. The van der Waals surface area contributed by atoms with Gasteiger partial charge in [0.2, 0.25) is 5.91 Å². The van der Waals surface area contributed by atoms with E-state index in [1.54, 1.807) is 24.3 Å². The highest BCUT2D eigenvalue weighted by Crippen LogP contribution is 2.31. The first kappa shape index (κ1) is 19.0. The van der Waals surface area contributed by atoms with Gasteiger partial charge in [0.1, 0.15) is 0 Å². The van der Waals surface area contributed by atoms with Gasteiger partial charge in [-0.2, -0.15) is 0 Å². The Labute approximate surface area is 148 Å². The van der Waals surface area contributed by atoms with Crippen LogP contribution in [0.3, 0.4) is 0 Å². The van der Waals surface area contributed by atoms with E-state index in [4.69, 9.17) is 0 Å². The summed E-state index contributed by atoms with van der Waals surface area (Å²) < 4.78 is 0. The summed E-state index contributed by atoms with van der Waals surface area (Å²) in [4.78, 5) is 35.7. The molecule has 3 N–H and O–H groups in total. The first-order valence-corrected chi connectivity index (χ1v) is 8.95. The van der Waals surface area contributed by atoms with Crippen molar-refractivity contribution in [3.63, 3.8) is 0 Å². The molecule has 2 rings (SSSR count). The molecule has 1 saturated carbocycles. The van der Waals surface area contributed by atoms with Crippen LogP contribution in [0.25, 0.3) is 0 Å². The first-order valence-electron chi connectivity index (χ1n) is 8.95. The third-order valence-electron chi connectivity index (χ3n) is 4.65. The molecule has 0 saturated heterocycles. The summed E-state index contributed by atoms with van der Waals surface area (Å²) in [5.74, 6) is -2.41. The summed E-state index contributed by atoms with van der Waals surface area (Å²) in [5.41, 5.74) is 1.11. The van der Waals surface area contributed by atoms with E-state index in [2.05, 4.69) is 17.6 Å². The second kappa shape index (κ2) is 9.20. The number of anilines is 1. The van der Waals surface area contributed by atoms with Crippen LogP contribution in [-0.2, 0) is 9.59 Å². The van der Waals surface area contributed by atoms with E-state index in [1.807, 2.05) is 0 Å². The Bertz CT molecular complexity index is 612. The molecule has 0 radical (unpaired) electrons. The number of aliphatic carboxylic acids is 1. The molecule has 6 heteroatoms. The van der Waals surface area contributed by atoms with Crippen molar-refractivity contribution in [2.45, 2.75) is 45.4 Å². The molecular weight excluding hydrogens is 320 g/mol. The number of unbranched alkanes of at least 4 members (excludes halogenated alkanes) is 1. The summed E-state index contributed by atoms with van der Waals surface area (Å²) >= 11 is 0. The summed E-state index contributed by atoms with van der Waals surface area (Å²) in [7, 11) is 0. The van der Waals surface area contributed by atoms with Crippen LogP contribution in [0.15, 0.2) is 24.3 Å². The van der Waals surface area contributed by atoms with Crippen LogP contribution in [0.1, 0.15) is 55.8 Å². The number of rotatable bonds is 7. The standard InChI is InChI=1S/C19H26N2O4/c1-2-3-12-20-17(22)13-8-10-14(11-9-13)21-18(23)15-6-4-5-7-16(15)19(24)25/h8-11,15-16H,2-7,12H2,1H3,(H,20,22)(H,21,23)(H,24,25)/t15-,16+/m1/s1. The predicted molar refractivity (Wildman–Crippen MR) is 95.4 cm³/mol. The van der Waals surface area contributed by atoms with Gasteiger partial charge in [-0.15, -0.1) is 0 Å². The Morgan fingerprint density at radius 3 is 2.32 bits per heavy atom. The molecule has 1 fully saturated rings. The summed E-state index contributed by atoms with van der Waals surface area (Å²) in [6, 6.07) is 6.66. The molecule has 2 atom stereocenters. The van der Waals surface area contributed by atoms with Crippen LogP contribution in [0.2, 0.25) is 0 Å². The zero-order chi connectivity index (χ0) is 18.2. The molecule has 0 aliphatic heterocycles. The number of carboxylic acids is 1. The van der Waals surface area contributed by atoms with Crippen LogP contribution >= 0.6 is 0 Å². The number of carboxylic acid groups (broad SMARTS) is 1. The van der Waals surface area contributed by atoms with Gasteiger partial charge in [-0.25, -0.2) is 0 Å². The monoisotopic (exact) mass is 346 g/mol. The van der Waals surface area contributed by atoms with E-state index in [9.17, 15) is 19.5 Å². The van der Waals surface area contributed by atoms with Crippen LogP contribution in [0.4, 0.5) is 5.69 Å². The largest absolute Gasteiger partial charge is 0.481 e. The minimum atomic E-state index is -0.904. The van der Waals surface area contributed by atoms with E-state index in [0.717, 1.165) is 25.7 Å². The lowest BCUT2D eigenvalue weighted by Crippen LogP contribution is -2.36. The third-order valence-corrected chi connectivity index (χ3v) is 4.65. The minimum absolute atomic E-state index is 0.135. The van der Waals surface area contributed by atoms with Crippen molar-refractivity contribution >= 4 is 23.5 Å². The Morgan fingerprint density at radius 1 is 1.08 bits per heavy atom. The maximum absolute atomic E-state index is 12.4. The Morgan fingerprint density at radius 2 is 1.72 bits per heavy atom. The van der Waals surface area contributed by atoms with Crippen molar-refractivity contribution in [2.75, 3.05) is 11.9 Å². The smallest absolute Gasteiger partial charge is 0.307 e. The van der Waals surface area contributed by atoms with Crippen molar-refractivity contribution in [1.29, 1.82) is 0 Å². The van der Waals surface area contributed by atoms with E-state index >= 15 is 0 Å². The number of hydrogen-bond donors (Lipinski definition) is 3. The van der Waals surface area contributed by atoms with Gasteiger partial charge in [0, 0.05) is 17.8 Å². The van der Waals surface area contributed by atoms with Crippen LogP contribution in [0, 0.1) is 11.8 Å². The van der Waals surface area contributed by atoms with Crippen molar-refractivity contribution in [3.05, 3.63) is 29.8 Å². The lowest BCUT2D eigenvalue weighted by atomic mass is 9.78. The van der Waals surface area contributed by atoms with Crippen LogP contribution in [0.5, 0.6) is 0 Å². The Hall–Kier alpha value is -2.37. The van der Waals surface area contributed by atoms with Crippen LogP contribution in [-0.4, -0.2) is 29.4 Å². The molecule has 6 nitrogen and oxygen atoms in total. The number of hydrogen-bond acceptors (Lipinski definition) is 3. The lowest BCUT2D eigenvalue weighted by molar-refractivity contribution is -0.147. The highest BCUT2D eigenvalue weighted by Gasteiger charge is 2.35. The molecule has 1 aromatic carbocycles. The maximum atomic E-state index is 12.4. The molecule has 0 unspecified atom stereocenters. The topological polar surface area (TPSA) is 95.5 Å². The van der Waals surface area contributed by atoms with Gasteiger partial charge in [-0.1, -0.05) is 26.2 Å². The highest BCUT2D eigenvalue weighted by atomic mass is 16.4. The average Bonchev–Trinajstić information content (AvgIpc) is 2.62. The van der Waals surface area contributed by atoms with Crippen molar-refractivity contribution < 1.29 is 19.5 Å².